The highest BCUT2D eigenvalue weighted by atomic mass is 32.2. The first-order valence-electron chi connectivity index (χ1n) is 19.8. The van der Waals surface area contributed by atoms with E-state index in [1.54, 1.807) is 6.07 Å². The Kier molecular flexibility index (Phi) is 19.4. The quantitative estimate of drug-likeness (QED) is 0.0548. The van der Waals surface area contributed by atoms with Crippen molar-refractivity contribution in [2.24, 2.45) is 17.8 Å². The average Bonchev–Trinajstić information content (AvgIpc) is 3.15. The van der Waals surface area contributed by atoms with E-state index >= 15 is 0 Å². The lowest BCUT2D eigenvalue weighted by Gasteiger charge is -2.36. The van der Waals surface area contributed by atoms with Crippen LogP contribution in [0.15, 0.2) is 36.4 Å². The Labute approximate surface area is 344 Å². The predicted octanol–water partition coefficient (Wildman–Crippen LogP) is 10.9. The fourth-order valence-corrected chi connectivity index (χ4v) is 8.40. The maximum Gasteiger partial charge on any atom is 0.573 e. The fourth-order valence-electron chi connectivity index (χ4n) is 7.17. The molecule has 0 amide bonds. The number of pyridine rings is 1. The number of hydrogen-bond acceptors (Lipinski definition) is 9. The number of ether oxygens (including phenoxy) is 3. The highest BCUT2D eigenvalue weighted by Crippen LogP contribution is 2.41. The van der Waals surface area contributed by atoms with Gasteiger partial charge in [0.15, 0.2) is 0 Å². The predicted molar refractivity (Wildman–Crippen MR) is 215 cm³/mol. The first-order chi connectivity index (χ1) is 27.6. The molecule has 0 aliphatic heterocycles. The summed E-state index contributed by atoms with van der Waals surface area (Å²) < 4.78 is 83.5. The van der Waals surface area contributed by atoms with Gasteiger partial charge in [0, 0.05) is 16.6 Å². The van der Waals surface area contributed by atoms with E-state index in [-0.39, 0.29) is 30.6 Å². The van der Waals surface area contributed by atoms with E-state index in [0.717, 1.165) is 54.6 Å². The van der Waals surface area contributed by atoms with Gasteiger partial charge in [-0.05, 0) is 92.5 Å². The van der Waals surface area contributed by atoms with E-state index in [1.807, 2.05) is 54.5 Å². The summed E-state index contributed by atoms with van der Waals surface area (Å²) in [6.45, 7) is 13.2. The van der Waals surface area contributed by atoms with Crippen molar-refractivity contribution in [1.82, 2.24) is 4.98 Å². The topological polar surface area (TPSA) is 207 Å². The molecule has 0 saturated heterocycles. The van der Waals surface area contributed by atoms with Crippen LogP contribution in [0.3, 0.4) is 0 Å². The minimum Gasteiger partial charge on any atom is -0.481 e. The van der Waals surface area contributed by atoms with Crippen LogP contribution in [0.1, 0.15) is 121 Å². The van der Waals surface area contributed by atoms with Crippen LogP contribution in [-0.2, 0) is 37.5 Å². The van der Waals surface area contributed by atoms with Crippen molar-refractivity contribution >= 4 is 39.1 Å². The number of carboxylic acid groups (broad SMARTS) is 3. The van der Waals surface area contributed by atoms with Crippen LogP contribution in [0.5, 0.6) is 17.2 Å². The number of aryl methyl sites for hydroxylation is 2. The van der Waals surface area contributed by atoms with E-state index in [2.05, 4.69) is 9.72 Å². The Morgan fingerprint density at radius 1 is 0.847 bits per heavy atom. The molecule has 3 aromatic rings. The van der Waals surface area contributed by atoms with Gasteiger partial charge in [-0.2, -0.15) is 8.42 Å². The van der Waals surface area contributed by atoms with Crippen molar-refractivity contribution < 1.29 is 70.1 Å². The van der Waals surface area contributed by atoms with E-state index in [9.17, 15) is 50.7 Å². The molecule has 0 radical (unpaired) electrons. The maximum absolute atomic E-state index is 12.4. The van der Waals surface area contributed by atoms with Crippen molar-refractivity contribution in [3.8, 4) is 17.2 Å². The Bertz CT molecular complexity index is 1970. The van der Waals surface area contributed by atoms with Crippen LogP contribution >= 0.6 is 0 Å². The lowest BCUT2D eigenvalue weighted by atomic mass is 9.76. The molecule has 3 rings (SSSR count). The number of aliphatic carboxylic acids is 2. The number of benzene rings is 2. The van der Waals surface area contributed by atoms with Gasteiger partial charge in [-0.25, -0.2) is 4.79 Å². The molecule has 0 spiro atoms. The molecule has 2 aromatic carbocycles. The van der Waals surface area contributed by atoms with Crippen LogP contribution < -0.4 is 9.47 Å². The molecular formula is C42H58F3NO12S. The van der Waals surface area contributed by atoms with Crippen LogP contribution in [0.4, 0.5) is 18.0 Å². The molecule has 13 nitrogen and oxygen atoms in total. The minimum atomic E-state index is -5.15. The Hall–Kier alpha value is -4.64. The number of nitrogens with zero attached hydrogens (tertiary/aromatic N) is 1. The maximum atomic E-state index is 12.4. The van der Waals surface area contributed by atoms with Gasteiger partial charge in [0.2, 0.25) is 4.75 Å². The smallest absolute Gasteiger partial charge is 0.481 e. The molecule has 4 unspecified atom stereocenters. The normalized spacial score (nSPS) is 14.3. The molecule has 0 aliphatic rings. The van der Waals surface area contributed by atoms with Crippen LogP contribution in [0, 0.1) is 31.6 Å². The van der Waals surface area contributed by atoms with E-state index in [1.165, 1.54) is 12.1 Å². The molecule has 0 saturated carbocycles. The van der Waals surface area contributed by atoms with Gasteiger partial charge in [0.25, 0.3) is 10.1 Å². The Balaban J connectivity index is 0.000000410. The molecule has 59 heavy (non-hydrogen) atoms. The first kappa shape index (κ1) is 50.5. The van der Waals surface area contributed by atoms with Gasteiger partial charge in [0.05, 0.1) is 11.4 Å². The molecule has 4 N–H and O–H groups in total. The first-order valence-corrected chi connectivity index (χ1v) is 21.3. The van der Waals surface area contributed by atoms with Gasteiger partial charge >= 0.3 is 24.5 Å². The van der Waals surface area contributed by atoms with E-state index in [0.29, 0.717) is 60.1 Å². The third-order valence-corrected chi connectivity index (χ3v) is 12.2. The number of carboxylic acids is 2. The second-order valence-corrected chi connectivity index (χ2v) is 16.3. The highest BCUT2D eigenvalue weighted by molar-refractivity contribution is 7.88. The second kappa shape index (κ2) is 22.7. The Morgan fingerprint density at radius 2 is 1.41 bits per heavy atom. The van der Waals surface area contributed by atoms with E-state index < -0.39 is 51.7 Å². The van der Waals surface area contributed by atoms with Crippen molar-refractivity contribution in [2.45, 2.75) is 137 Å². The number of halogens is 3. The second-order valence-electron chi connectivity index (χ2n) is 14.7. The lowest BCUT2D eigenvalue weighted by molar-refractivity contribution is -0.274. The van der Waals surface area contributed by atoms with Crippen molar-refractivity contribution in [1.29, 1.82) is 0 Å². The molecule has 4 atom stereocenters. The van der Waals surface area contributed by atoms with Crippen LogP contribution in [0.2, 0.25) is 0 Å². The summed E-state index contributed by atoms with van der Waals surface area (Å²) in [5.41, 5.74) is 3.78. The number of fused-ring (bicyclic) bond motifs is 1. The van der Waals surface area contributed by atoms with Gasteiger partial charge in [-0.15, -0.1) is 13.2 Å². The van der Waals surface area contributed by atoms with E-state index in [4.69, 9.17) is 14.6 Å². The fraction of sp³-hybridized carbons (Fsp3) is 0.571. The third-order valence-electron chi connectivity index (χ3n) is 10.7. The third kappa shape index (κ3) is 14.3. The number of hydrogen-bond donors (Lipinski definition) is 4. The summed E-state index contributed by atoms with van der Waals surface area (Å²) in [5, 5.41) is 29.3. The molecular weight excluding hydrogens is 800 g/mol. The number of unbranched alkanes of at least 4 members (excludes halogenated alkanes) is 2. The monoisotopic (exact) mass is 857 g/mol. The molecule has 0 fully saturated rings. The van der Waals surface area contributed by atoms with Gasteiger partial charge in [-0.1, -0.05) is 86.0 Å². The number of carbonyl (C=O) groups is 3. The SMILES string of the molecule is CCCCC(CC)CC(C(=O)O)C(CC(CC)CCCC)(C(=O)O)S(=O)(=O)O.CCc1nc2cc(C)c(Oc3ccc(OC(F)(F)F)cc3)cc2c(COC(=O)O)c1C. The molecule has 330 valence electrons. The van der Waals surface area contributed by atoms with Crippen molar-refractivity contribution in [2.75, 3.05) is 0 Å². The van der Waals surface area contributed by atoms with Gasteiger partial charge < -0.3 is 29.5 Å². The largest absolute Gasteiger partial charge is 0.573 e. The molecule has 0 aliphatic carbocycles. The summed E-state index contributed by atoms with van der Waals surface area (Å²) in [5.74, 6) is -4.95. The molecule has 1 aromatic heterocycles. The lowest BCUT2D eigenvalue weighted by Crippen LogP contribution is -2.56. The van der Waals surface area contributed by atoms with Crippen LogP contribution in [-0.4, -0.2) is 62.5 Å². The summed E-state index contributed by atoms with van der Waals surface area (Å²) in [6, 6.07) is 8.58. The zero-order chi connectivity index (χ0) is 44.7. The van der Waals surface area contributed by atoms with Gasteiger partial charge in [-0.3, -0.25) is 19.1 Å². The standard InChI is InChI=1S/C22H20F3NO5.C20H38O7S/c1-4-18-13(3)17(11-29-21(27)28)16-10-20(12(2)9-19(16)26-18)30-14-5-7-15(8-6-14)31-22(23,24)25;1-5-9-11-15(7-3)13-17(18(21)22)20(19(23)24,28(25,26)27)14-16(8-4)12-10-6-2/h5-10H,4,11H2,1-3H3,(H,27,28);15-17H,5-14H2,1-4H3,(H,21,22)(H,23,24)(H,25,26,27). The highest BCUT2D eigenvalue weighted by Gasteiger charge is 2.60. The number of aromatic nitrogens is 1. The van der Waals surface area contributed by atoms with Crippen LogP contribution in [0.25, 0.3) is 10.9 Å². The zero-order valence-electron chi connectivity index (χ0n) is 34.7. The summed E-state index contributed by atoms with van der Waals surface area (Å²) in [7, 11) is -5.15. The molecule has 0 bridgehead atoms. The van der Waals surface area contributed by atoms with Crippen molar-refractivity contribution in [3.05, 3.63) is 58.8 Å². The average molecular weight is 858 g/mol. The summed E-state index contributed by atoms with van der Waals surface area (Å²) in [4.78, 5) is 39.8. The minimum absolute atomic E-state index is 0.0812. The number of alkyl halides is 3. The summed E-state index contributed by atoms with van der Waals surface area (Å²) >= 11 is 0. The molecule has 1 heterocycles. The van der Waals surface area contributed by atoms with Gasteiger partial charge in [0.1, 0.15) is 23.9 Å². The molecule has 17 heteroatoms. The number of rotatable bonds is 22. The summed E-state index contributed by atoms with van der Waals surface area (Å²) in [6.07, 6.45) is -0.113. The Morgan fingerprint density at radius 3 is 1.86 bits per heavy atom. The zero-order valence-corrected chi connectivity index (χ0v) is 35.5. The van der Waals surface area contributed by atoms with Crippen molar-refractivity contribution in [3.63, 3.8) is 0 Å².